The number of hydrogen-bond acceptors (Lipinski definition) is 5. The van der Waals surface area contributed by atoms with Gasteiger partial charge in [-0.2, -0.15) is 5.10 Å². The molecule has 9 heteroatoms. The minimum absolute atomic E-state index is 0.0625. The van der Waals surface area contributed by atoms with E-state index >= 15 is 0 Å². The lowest BCUT2D eigenvalue weighted by atomic mass is 9.90. The van der Waals surface area contributed by atoms with Crippen molar-refractivity contribution in [2.45, 2.75) is 83.3 Å². The fraction of sp³-hybridized carbons (Fsp3) is 0.633. The third-order valence-electron chi connectivity index (χ3n) is 8.37. The lowest BCUT2D eigenvalue weighted by Crippen LogP contribution is -2.41. The highest BCUT2D eigenvalue weighted by Crippen LogP contribution is 2.34. The van der Waals surface area contributed by atoms with Gasteiger partial charge in [-0.05, 0) is 77.5 Å². The van der Waals surface area contributed by atoms with Crippen LogP contribution < -0.4 is 5.32 Å². The molecule has 8 nitrogen and oxygen atoms in total. The van der Waals surface area contributed by atoms with Crippen molar-refractivity contribution >= 4 is 23.6 Å². The monoisotopic (exact) mass is 555 g/mol. The van der Waals surface area contributed by atoms with E-state index in [9.17, 15) is 9.59 Å². The molecule has 1 aromatic heterocycles. The summed E-state index contributed by atoms with van der Waals surface area (Å²) < 4.78 is 7.40. The highest BCUT2D eigenvalue weighted by molar-refractivity contribution is 6.32. The van der Waals surface area contributed by atoms with E-state index in [0.29, 0.717) is 49.0 Å². The van der Waals surface area contributed by atoms with Gasteiger partial charge in [-0.15, -0.1) is 0 Å². The van der Waals surface area contributed by atoms with Gasteiger partial charge < -0.3 is 19.9 Å². The average Bonchev–Trinajstić information content (AvgIpc) is 3.67. The molecule has 0 radical (unpaired) electrons. The van der Waals surface area contributed by atoms with E-state index < -0.39 is 5.60 Å². The maximum atomic E-state index is 13.6. The van der Waals surface area contributed by atoms with Crippen LogP contribution in [0.25, 0.3) is 5.69 Å². The van der Waals surface area contributed by atoms with E-state index in [1.807, 2.05) is 49.7 Å². The molecule has 1 aromatic carbocycles. The third kappa shape index (κ3) is 6.60. The largest absolute Gasteiger partial charge is 0.444 e. The van der Waals surface area contributed by atoms with Crippen molar-refractivity contribution in [2.24, 2.45) is 5.92 Å². The molecular weight excluding hydrogens is 514 g/mol. The van der Waals surface area contributed by atoms with Crippen molar-refractivity contribution in [3.63, 3.8) is 0 Å². The van der Waals surface area contributed by atoms with Crippen LogP contribution >= 0.6 is 11.6 Å². The van der Waals surface area contributed by atoms with Crippen LogP contribution in [0.15, 0.2) is 30.5 Å². The van der Waals surface area contributed by atoms with Crippen LogP contribution in [0.4, 0.5) is 4.79 Å². The average molecular weight is 556 g/mol. The predicted octanol–water partition coefficient (Wildman–Crippen LogP) is 5.63. The van der Waals surface area contributed by atoms with Crippen LogP contribution in [0.2, 0.25) is 5.02 Å². The number of para-hydroxylation sites is 1. The third-order valence-corrected chi connectivity index (χ3v) is 8.69. The predicted molar refractivity (Wildman–Crippen MR) is 153 cm³/mol. The number of amides is 2. The molecule has 3 aliphatic rings. The molecule has 2 aliphatic heterocycles. The molecule has 3 heterocycles. The summed E-state index contributed by atoms with van der Waals surface area (Å²) in [5.74, 6) is 0.457. The van der Waals surface area contributed by atoms with Gasteiger partial charge in [0.05, 0.1) is 28.2 Å². The molecule has 3 fully saturated rings. The lowest BCUT2D eigenvalue weighted by molar-refractivity contribution is 0.0203. The molecule has 212 valence electrons. The molecule has 1 atom stereocenters. The number of rotatable bonds is 6. The number of carbonyl (C=O) groups is 2. The van der Waals surface area contributed by atoms with E-state index in [1.165, 1.54) is 25.7 Å². The molecule has 0 spiro atoms. The molecule has 1 saturated carbocycles. The van der Waals surface area contributed by atoms with Gasteiger partial charge in [-0.25, -0.2) is 9.48 Å². The Hall–Kier alpha value is -2.58. The molecule has 2 aromatic rings. The zero-order chi connectivity index (χ0) is 27.6. The Morgan fingerprint density at radius 3 is 2.46 bits per heavy atom. The molecule has 0 bridgehead atoms. The summed E-state index contributed by atoms with van der Waals surface area (Å²) >= 11 is 6.56. The second-order valence-corrected chi connectivity index (χ2v) is 12.8. The summed E-state index contributed by atoms with van der Waals surface area (Å²) in [5.41, 5.74) is 1.68. The first-order valence-electron chi connectivity index (χ1n) is 14.5. The molecule has 5 rings (SSSR count). The quantitative estimate of drug-likeness (QED) is 0.499. The highest BCUT2D eigenvalue weighted by atomic mass is 35.5. The van der Waals surface area contributed by atoms with Crippen molar-refractivity contribution in [1.82, 2.24) is 24.9 Å². The van der Waals surface area contributed by atoms with Gasteiger partial charge in [0, 0.05) is 38.1 Å². The first kappa shape index (κ1) is 28.0. The molecule has 2 amide bonds. The molecule has 0 unspecified atom stereocenters. The molecule has 1 aliphatic carbocycles. The van der Waals surface area contributed by atoms with Crippen molar-refractivity contribution in [1.29, 1.82) is 0 Å². The summed E-state index contributed by atoms with van der Waals surface area (Å²) in [6.07, 6.45) is 9.27. The fourth-order valence-corrected chi connectivity index (χ4v) is 6.58. The topological polar surface area (TPSA) is 79.7 Å². The number of hydrogen-bond donors (Lipinski definition) is 1. The molecule has 1 N–H and O–H groups in total. The van der Waals surface area contributed by atoms with Crippen molar-refractivity contribution in [3.05, 3.63) is 46.7 Å². The number of nitrogens with zero attached hydrogens (tertiary/aromatic N) is 4. The Kier molecular flexibility index (Phi) is 8.52. The zero-order valence-corrected chi connectivity index (χ0v) is 24.3. The van der Waals surface area contributed by atoms with E-state index in [2.05, 4.69) is 15.3 Å². The van der Waals surface area contributed by atoms with Crippen molar-refractivity contribution < 1.29 is 14.3 Å². The van der Waals surface area contributed by atoms with Crippen LogP contribution in [-0.2, 0) is 4.74 Å². The number of aromatic nitrogens is 2. The summed E-state index contributed by atoms with van der Waals surface area (Å²) in [7, 11) is 0. The van der Waals surface area contributed by atoms with Crippen LogP contribution in [0.3, 0.4) is 0 Å². The smallest absolute Gasteiger partial charge is 0.410 e. The first-order chi connectivity index (χ1) is 18.7. The highest BCUT2D eigenvalue weighted by Gasteiger charge is 2.34. The normalized spacial score (nSPS) is 21.4. The number of carbonyl (C=O) groups excluding carboxylic acids is 2. The standard InChI is InChI=1S/C30H42ClN5O3/c1-30(2,3)39-29(38)34-16-13-22(14-17-34)27-24(19-33-36(27)26-11-7-6-10-25(26)31)28(37)32-18-21-12-15-35(20-21)23-8-4-5-9-23/h6-7,10-11,19,21-23H,4-5,8-9,12-18,20H2,1-3H3,(H,32,37)/t21-/m0/s1. The van der Waals surface area contributed by atoms with Crippen molar-refractivity contribution in [3.8, 4) is 5.69 Å². The number of benzene rings is 1. The van der Waals surface area contributed by atoms with E-state index in [4.69, 9.17) is 16.3 Å². The Morgan fingerprint density at radius 1 is 1.05 bits per heavy atom. The van der Waals surface area contributed by atoms with Gasteiger partial charge in [0.25, 0.3) is 5.91 Å². The summed E-state index contributed by atoms with van der Waals surface area (Å²) in [6.45, 7) is 9.64. The van der Waals surface area contributed by atoms with E-state index in [-0.39, 0.29) is 17.9 Å². The second-order valence-electron chi connectivity index (χ2n) is 12.3. The van der Waals surface area contributed by atoms with E-state index in [0.717, 1.165) is 36.9 Å². The maximum absolute atomic E-state index is 13.6. The first-order valence-corrected chi connectivity index (χ1v) is 14.9. The van der Waals surface area contributed by atoms with Crippen LogP contribution in [-0.4, -0.2) is 75.9 Å². The Labute approximate surface area is 237 Å². The number of piperidine rings is 1. The Balaban J connectivity index is 1.30. The molecule has 39 heavy (non-hydrogen) atoms. The van der Waals surface area contributed by atoms with Crippen LogP contribution in [0.5, 0.6) is 0 Å². The van der Waals surface area contributed by atoms with Gasteiger partial charge >= 0.3 is 6.09 Å². The number of ether oxygens (including phenoxy) is 1. The number of likely N-dealkylation sites (tertiary alicyclic amines) is 2. The SMILES string of the molecule is CC(C)(C)OC(=O)N1CCC(c2c(C(=O)NC[C@@H]3CCN(C4CCCC4)C3)cnn2-c2ccccc2Cl)CC1. The van der Waals surface area contributed by atoms with Crippen LogP contribution in [0, 0.1) is 5.92 Å². The minimum Gasteiger partial charge on any atom is -0.444 e. The van der Waals surface area contributed by atoms with Gasteiger partial charge in [0.2, 0.25) is 0 Å². The fourth-order valence-electron chi connectivity index (χ4n) is 6.37. The minimum atomic E-state index is -0.532. The van der Waals surface area contributed by atoms with Crippen LogP contribution in [0.1, 0.15) is 87.7 Å². The van der Waals surface area contributed by atoms with Crippen molar-refractivity contribution in [2.75, 3.05) is 32.7 Å². The second kappa shape index (κ2) is 11.9. The van der Waals surface area contributed by atoms with Gasteiger partial charge in [0.1, 0.15) is 5.60 Å². The van der Waals surface area contributed by atoms with Gasteiger partial charge in [-0.3, -0.25) is 4.79 Å². The summed E-state index contributed by atoms with van der Waals surface area (Å²) in [6, 6.07) is 8.31. The van der Waals surface area contributed by atoms with Gasteiger partial charge in [0.15, 0.2) is 0 Å². The summed E-state index contributed by atoms with van der Waals surface area (Å²) in [4.78, 5) is 30.6. The molecular formula is C30H42ClN5O3. The number of nitrogens with one attached hydrogen (secondary N) is 1. The lowest BCUT2D eigenvalue weighted by Gasteiger charge is -2.34. The van der Waals surface area contributed by atoms with E-state index in [1.54, 1.807) is 11.1 Å². The Bertz CT molecular complexity index is 1160. The number of halogens is 1. The molecule has 2 saturated heterocycles. The maximum Gasteiger partial charge on any atom is 0.410 e. The Morgan fingerprint density at radius 2 is 1.77 bits per heavy atom. The summed E-state index contributed by atoms with van der Waals surface area (Å²) in [5, 5.41) is 8.46. The van der Waals surface area contributed by atoms with Gasteiger partial charge in [-0.1, -0.05) is 36.6 Å². The zero-order valence-electron chi connectivity index (χ0n) is 23.5.